The number of fused-ring (bicyclic) bond motifs is 1. The van der Waals surface area contributed by atoms with Crippen molar-refractivity contribution in [3.63, 3.8) is 0 Å². The molecule has 4 aromatic rings. The third kappa shape index (κ3) is 3.47. The second-order valence-corrected chi connectivity index (χ2v) is 5.73. The van der Waals surface area contributed by atoms with Crippen LogP contribution in [0.4, 0.5) is 0 Å². The van der Waals surface area contributed by atoms with Crippen molar-refractivity contribution in [2.45, 2.75) is 6.92 Å². The molecule has 3 nitrogen and oxygen atoms in total. The van der Waals surface area contributed by atoms with Gasteiger partial charge in [-0.25, -0.2) is 9.97 Å². The molecule has 25 heavy (non-hydrogen) atoms. The van der Waals surface area contributed by atoms with Crippen LogP contribution in [0.2, 0.25) is 0 Å². The largest absolute Gasteiger partial charge is 0.277 e. The van der Waals surface area contributed by atoms with E-state index >= 15 is 0 Å². The summed E-state index contributed by atoms with van der Waals surface area (Å²) in [5, 5.41) is 0. The second-order valence-electron chi connectivity index (χ2n) is 5.73. The molecule has 4 rings (SSSR count). The van der Waals surface area contributed by atoms with Gasteiger partial charge in [0.2, 0.25) is 0 Å². The van der Waals surface area contributed by atoms with E-state index in [1.807, 2.05) is 61.7 Å². The van der Waals surface area contributed by atoms with E-state index in [9.17, 15) is 0 Å². The minimum absolute atomic E-state index is 0. The van der Waals surface area contributed by atoms with Crippen molar-refractivity contribution in [2.24, 2.45) is 0 Å². The van der Waals surface area contributed by atoms with E-state index in [-0.39, 0.29) is 12.4 Å². The predicted octanol–water partition coefficient (Wildman–Crippen LogP) is 5.32. The molecule has 0 unspecified atom stereocenters. The van der Waals surface area contributed by atoms with Gasteiger partial charge in [0.05, 0.1) is 11.0 Å². The summed E-state index contributed by atoms with van der Waals surface area (Å²) in [6.07, 6.45) is 6.00. The summed E-state index contributed by atoms with van der Waals surface area (Å²) in [5.41, 5.74) is 4.31. The molecule has 0 radical (unpaired) electrons. The minimum Gasteiger partial charge on any atom is -0.277 e. The van der Waals surface area contributed by atoms with Crippen LogP contribution in [0, 0.1) is 6.92 Å². The lowest BCUT2D eigenvalue weighted by Gasteiger charge is -2.06. The molecule has 124 valence electrons. The van der Waals surface area contributed by atoms with Crippen molar-refractivity contribution < 1.29 is 0 Å². The Kier molecular flexibility index (Phi) is 4.96. The lowest BCUT2D eigenvalue weighted by molar-refractivity contribution is 1.000. The Bertz CT molecular complexity index is 1000. The highest BCUT2D eigenvalue weighted by atomic mass is 35.5. The Balaban J connectivity index is 0.00000182. The lowest BCUT2D eigenvalue weighted by atomic mass is 10.2. The predicted molar refractivity (Wildman–Crippen MR) is 106 cm³/mol. The Labute approximate surface area is 153 Å². The average molecular weight is 348 g/mol. The van der Waals surface area contributed by atoms with Crippen LogP contribution in [-0.2, 0) is 0 Å². The Morgan fingerprint density at radius 3 is 2.36 bits per heavy atom. The highest BCUT2D eigenvalue weighted by Crippen LogP contribution is 2.22. The number of hydrogen-bond donors (Lipinski definition) is 0. The van der Waals surface area contributed by atoms with Gasteiger partial charge in [0.25, 0.3) is 0 Å². The number of pyridine rings is 1. The molecule has 0 aliphatic carbocycles. The van der Waals surface area contributed by atoms with Gasteiger partial charge in [0, 0.05) is 6.20 Å². The number of imidazole rings is 1. The first-order valence-corrected chi connectivity index (χ1v) is 7.95. The number of para-hydroxylation sites is 2. The first-order valence-electron chi connectivity index (χ1n) is 7.95. The van der Waals surface area contributed by atoms with Crippen molar-refractivity contribution in [1.29, 1.82) is 0 Å². The van der Waals surface area contributed by atoms with Gasteiger partial charge in [-0.3, -0.25) is 4.57 Å². The Morgan fingerprint density at radius 1 is 0.840 bits per heavy atom. The maximum atomic E-state index is 4.76. The molecule has 0 saturated carbocycles. The van der Waals surface area contributed by atoms with Gasteiger partial charge < -0.3 is 0 Å². The highest BCUT2D eigenvalue weighted by molar-refractivity contribution is 5.85. The summed E-state index contributed by atoms with van der Waals surface area (Å²) < 4.78 is 2.09. The SMILES string of the molecule is Cc1ccc(-n2c(/C=C/c3ccccc3)nc3ccccc32)nc1.Cl. The standard InChI is InChI=1S/C21H17N3.ClH/c1-16-11-13-20(22-15-16)24-19-10-6-5-9-18(19)23-21(24)14-12-17-7-3-2-4-8-17;/h2-15H,1H3;1H/b14-12+;. The normalized spacial score (nSPS) is 10.9. The molecular formula is C21H18ClN3. The zero-order chi connectivity index (χ0) is 16.4. The number of halogens is 1. The lowest BCUT2D eigenvalue weighted by Crippen LogP contribution is -1.99. The molecular weight excluding hydrogens is 330 g/mol. The van der Waals surface area contributed by atoms with Gasteiger partial charge in [-0.15, -0.1) is 12.4 Å². The van der Waals surface area contributed by atoms with Crippen molar-refractivity contribution in [2.75, 3.05) is 0 Å². The fourth-order valence-electron chi connectivity index (χ4n) is 2.72. The molecule has 0 fully saturated rings. The molecule has 2 aromatic heterocycles. The highest BCUT2D eigenvalue weighted by Gasteiger charge is 2.10. The second kappa shape index (κ2) is 7.32. The number of aromatic nitrogens is 3. The maximum absolute atomic E-state index is 4.76. The maximum Gasteiger partial charge on any atom is 0.139 e. The van der Waals surface area contributed by atoms with Crippen molar-refractivity contribution >= 4 is 35.6 Å². The summed E-state index contributed by atoms with van der Waals surface area (Å²) in [4.78, 5) is 9.34. The number of rotatable bonds is 3. The van der Waals surface area contributed by atoms with Gasteiger partial charge in [-0.2, -0.15) is 0 Å². The van der Waals surface area contributed by atoms with Gasteiger partial charge in [0.15, 0.2) is 0 Å². The van der Waals surface area contributed by atoms with Crippen molar-refractivity contribution in [3.8, 4) is 5.82 Å². The molecule has 0 bridgehead atoms. The first kappa shape index (κ1) is 16.9. The van der Waals surface area contributed by atoms with E-state index in [4.69, 9.17) is 4.98 Å². The minimum atomic E-state index is 0. The first-order chi connectivity index (χ1) is 11.8. The zero-order valence-electron chi connectivity index (χ0n) is 13.8. The molecule has 2 aromatic carbocycles. The van der Waals surface area contributed by atoms with Crippen molar-refractivity contribution in [3.05, 3.63) is 89.9 Å². The van der Waals surface area contributed by atoms with Gasteiger partial charge in [-0.1, -0.05) is 54.6 Å². The average Bonchev–Trinajstić information content (AvgIpc) is 3.00. The molecule has 0 aliphatic rings. The molecule has 0 amide bonds. The summed E-state index contributed by atoms with van der Waals surface area (Å²) in [5.74, 6) is 1.75. The molecule has 0 aliphatic heterocycles. The monoisotopic (exact) mass is 347 g/mol. The Hall–Kier alpha value is -2.91. The van der Waals surface area contributed by atoms with E-state index in [0.717, 1.165) is 33.8 Å². The van der Waals surface area contributed by atoms with Crippen molar-refractivity contribution in [1.82, 2.24) is 14.5 Å². The summed E-state index contributed by atoms with van der Waals surface area (Å²) in [7, 11) is 0. The molecule has 0 atom stereocenters. The molecule has 2 heterocycles. The fourth-order valence-corrected chi connectivity index (χ4v) is 2.72. The third-order valence-electron chi connectivity index (χ3n) is 3.94. The van der Waals surface area contributed by atoms with E-state index < -0.39 is 0 Å². The van der Waals surface area contributed by atoms with E-state index in [0.29, 0.717) is 0 Å². The smallest absolute Gasteiger partial charge is 0.139 e. The van der Waals surface area contributed by atoms with Crippen LogP contribution in [0.1, 0.15) is 17.0 Å². The quantitative estimate of drug-likeness (QED) is 0.502. The van der Waals surface area contributed by atoms with E-state index in [1.165, 1.54) is 0 Å². The van der Waals surface area contributed by atoms with Crippen LogP contribution in [-0.4, -0.2) is 14.5 Å². The topological polar surface area (TPSA) is 30.7 Å². The number of benzene rings is 2. The van der Waals surface area contributed by atoms with E-state index in [2.05, 4.69) is 39.9 Å². The summed E-state index contributed by atoms with van der Waals surface area (Å²) in [6.45, 7) is 2.04. The fraction of sp³-hybridized carbons (Fsp3) is 0.0476. The van der Waals surface area contributed by atoms with E-state index in [1.54, 1.807) is 0 Å². The molecule has 0 N–H and O–H groups in total. The summed E-state index contributed by atoms with van der Waals surface area (Å²) >= 11 is 0. The van der Waals surface area contributed by atoms with Crippen LogP contribution in [0.25, 0.3) is 29.0 Å². The number of nitrogens with zero attached hydrogens (tertiary/aromatic N) is 3. The molecule has 0 saturated heterocycles. The number of aryl methyl sites for hydroxylation is 1. The zero-order valence-corrected chi connectivity index (χ0v) is 14.6. The van der Waals surface area contributed by atoms with Crippen LogP contribution < -0.4 is 0 Å². The summed E-state index contributed by atoms with van der Waals surface area (Å²) in [6, 6.07) is 22.5. The molecule has 4 heteroatoms. The Morgan fingerprint density at radius 2 is 1.60 bits per heavy atom. The van der Waals surface area contributed by atoms with Crippen LogP contribution in [0.15, 0.2) is 72.9 Å². The van der Waals surface area contributed by atoms with Gasteiger partial charge in [0.1, 0.15) is 11.6 Å². The van der Waals surface area contributed by atoms with Crippen LogP contribution in [0.3, 0.4) is 0 Å². The number of hydrogen-bond acceptors (Lipinski definition) is 2. The molecule has 0 spiro atoms. The van der Waals surface area contributed by atoms with Gasteiger partial charge in [-0.05, 0) is 42.3 Å². The van der Waals surface area contributed by atoms with Crippen LogP contribution >= 0.6 is 12.4 Å². The van der Waals surface area contributed by atoms with Crippen LogP contribution in [0.5, 0.6) is 0 Å². The third-order valence-corrected chi connectivity index (χ3v) is 3.94. The van der Waals surface area contributed by atoms with Gasteiger partial charge >= 0.3 is 0 Å².